The van der Waals surface area contributed by atoms with Gasteiger partial charge in [0.1, 0.15) is 12.0 Å². The van der Waals surface area contributed by atoms with E-state index in [-0.39, 0.29) is 11.9 Å². The van der Waals surface area contributed by atoms with E-state index in [1.165, 1.54) is 0 Å². The Morgan fingerprint density at radius 1 is 1.55 bits per heavy atom. The van der Waals surface area contributed by atoms with Crippen molar-refractivity contribution in [1.82, 2.24) is 25.0 Å². The van der Waals surface area contributed by atoms with Gasteiger partial charge in [-0.25, -0.2) is 4.98 Å². The Morgan fingerprint density at radius 2 is 2.41 bits per heavy atom. The molecular weight excluding hydrogens is 282 g/mol. The number of aromatic nitrogens is 3. The molecule has 0 spiro atoms. The van der Waals surface area contributed by atoms with Gasteiger partial charge in [0.15, 0.2) is 5.89 Å². The monoisotopic (exact) mass is 303 g/mol. The molecule has 118 valence electrons. The largest absolute Gasteiger partial charge is 0.449 e. The number of nitrogens with zero attached hydrogens (tertiary/aromatic N) is 4. The maximum Gasteiger partial charge on any atom is 0.272 e. The van der Waals surface area contributed by atoms with E-state index < -0.39 is 0 Å². The zero-order valence-corrected chi connectivity index (χ0v) is 13.0. The first kappa shape index (κ1) is 14.8. The summed E-state index contributed by atoms with van der Waals surface area (Å²) in [6.07, 6.45) is 5.53. The molecule has 1 saturated heterocycles. The van der Waals surface area contributed by atoms with Gasteiger partial charge in [0.2, 0.25) is 0 Å². The van der Waals surface area contributed by atoms with Gasteiger partial charge in [-0.3, -0.25) is 14.4 Å². The molecule has 1 fully saturated rings. The Kier molecular flexibility index (Phi) is 4.24. The molecule has 1 aliphatic heterocycles. The molecule has 0 aliphatic carbocycles. The average Bonchev–Trinajstić information content (AvgIpc) is 3.08. The minimum atomic E-state index is -0.107. The van der Waals surface area contributed by atoms with Crippen LogP contribution in [0.1, 0.15) is 34.9 Å². The van der Waals surface area contributed by atoms with Crippen molar-refractivity contribution in [3.8, 4) is 0 Å². The molecule has 1 atom stereocenters. The lowest BCUT2D eigenvalue weighted by Crippen LogP contribution is -2.47. The number of likely N-dealkylation sites (tertiary alicyclic amines) is 1. The van der Waals surface area contributed by atoms with Gasteiger partial charge in [-0.2, -0.15) is 5.10 Å². The molecule has 0 bridgehead atoms. The smallest absolute Gasteiger partial charge is 0.272 e. The summed E-state index contributed by atoms with van der Waals surface area (Å²) in [5.74, 6) is 0.580. The number of carbonyl (C=O) groups is 1. The lowest BCUT2D eigenvalue weighted by molar-refractivity contribution is 0.0894. The number of rotatable bonds is 4. The number of aryl methyl sites for hydroxylation is 2. The Morgan fingerprint density at radius 3 is 3.09 bits per heavy atom. The molecule has 1 aliphatic rings. The predicted octanol–water partition coefficient (Wildman–Crippen LogP) is 1.11. The predicted molar refractivity (Wildman–Crippen MR) is 80.2 cm³/mol. The standard InChI is InChI=1S/C15H21N5O2/c1-11-16-13(10-22-11)9-20-6-3-4-12(8-20)17-15(21)14-5-7-19(2)18-14/h5,7,10,12H,3-4,6,8-9H2,1-2H3,(H,17,21). The second-order valence-corrected chi connectivity index (χ2v) is 5.78. The first-order valence-electron chi connectivity index (χ1n) is 7.54. The van der Waals surface area contributed by atoms with E-state index in [2.05, 4.69) is 20.3 Å². The molecule has 1 N–H and O–H groups in total. The highest BCUT2D eigenvalue weighted by atomic mass is 16.3. The van der Waals surface area contributed by atoms with Crippen molar-refractivity contribution in [3.05, 3.63) is 35.8 Å². The van der Waals surface area contributed by atoms with Crippen LogP contribution < -0.4 is 5.32 Å². The normalized spacial score (nSPS) is 19.3. The molecule has 7 heteroatoms. The molecule has 2 aromatic rings. The van der Waals surface area contributed by atoms with Gasteiger partial charge in [0.25, 0.3) is 5.91 Å². The zero-order chi connectivity index (χ0) is 15.5. The quantitative estimate of drug-likeness (QED) is 0.915. The van der Waals surface area contributed by atoms with E-state index in [9.17, 15) is 4.79 Å². The Labute approximate surface area is 129 Å². The van der Waals surface area contributed by atoms with Crippen molar-refractivity contribution in [2.24, 2.45) is 7.05 Å². The highest BCUT2D eigenvalue weighted by molar-refractivity contribution is 5.92. The summed E-state index contributed by atoms with van der Waals surface area (Å²) in [6, 6.07) is 1.88. The first-order chi connectivity index (χ1) is 10.6. The highest BCUT2D eigenvalue weighted by Crippen LogP contribution is 2.14. The molecule has 3 rings (SSSR count). The third kappa shape index (κ3) is 3.54. The maximum atomic E-state index is 12.2. The van der Waals surface area contributed by atoms with E-state index in [4.69, 9.17) is 4.42 Å². The summed E-state index contributed by atoms with van der Waals surface area (Å²) in [5.41, 5.74) is 1.40. The van der Waals surface area contributed by atoms with Crippen molar-refractivity contribution < 1.29 is 9.21 Å². The van der Waals surface area contributed by atoms with Crippen molar-refractivity contribution in [2.45, 2.75) is 32.4 Å². The van der Waals surface area contributed by atoms with Crippen LogP contribution in [0.4, 0.5) is 0 Å². The van der Waals surface area contributed by atoms with E-state index in [0.717, 1.165) is 38.2 Å². The molecule has 0 aromatic carbocycles. The molecule has 1 amide bonds. The minimum Gasteiger partial charge on any atom is -0.449 e. The Bertz CT molecular complexity index is 648. The second-order valence-electron chi connectivity index (χ2n) is 5.78. The summed E-state index contributed by atoms with van der Waals surface area (Å²) in [7, 11) is 1.80. The molecule has 2 aromatic heterocycles. The minimum absolute atomic E-state index is 0.107. The summed E-state index contributed by atoms with van der Waals surface area (Å²) >= 11 is 0. The van der Waals surface area contributed by atoms with Crippen LogP contribution in [0.15, 0.2) is 22.9 Å². The molecule has 7 nitrogen and oxygen atoms in total. The molecule has 0 radical (unpaired) electrons. The highest BCUT2D eigenvalue weighted by Gasteiger charge is 2.23. The number of oxazole rings is 1. The number of nitrogens with one attached hydrogen (secondary N) is 1. The van der Waals surface area contributed by atoms with Crippen LogP contribution in [-0.4, -0.2) is 44.7 Å². The fourth-order valence-corrected chi connectivity index (χ4v) is 2.82. The van der Waals surface area contributed by atoms with Crippen molar-refractivity contribution in [1.29, 1.82) is 0 Å². The lowest BCUT2D eigenvalue weighted by Gasteiger charge is -2.32. The van der Waals surface area contributed by atoms with Gasteiger partial charge in [-0.05, 0) is 25.5 Å². The SMILES string of the molecule is Cc1nc(CN2CCCC(NC(=O)c3ccn(C)n3)C2)co1. The van der Waals surface area contributed by atoms with Crippen LogP contribution in [0, 0.1) is 6.92 Å². The van der Waals surface area contributed by atoms with Crippen LogP contribution in [0.25, 0.3) is 0 Å². The van der Waals surface area contributed by atoms with Crippen molar-refractivity contribution >= 4 is 5.91 Å². The van der Waals surface area contributed by atoms with E-state index in [0.29, 0.717) is 11.6 Å². The molecule has 22 heavy (non-hydrogen) atoms. The van der Waals surface area contributed by atoms with Crippen LogP contribution in [0.2, 0.25) is 0 Å². The Hall–Kier alpha value is -2.15. The molecule has 0 saturated carbocycles. The van der Waals surface area contributed by atoms with Gasteiger partial charge >= 0.3 is 0 Å². The number of piperidine rings is 1. The van der Waals surface area contributed by atoms with Gasteiger partial charge in [0.05, 0.1) is 5.69 Å². The number of carbonyl (C=O) groups excluding carboxylic acids is 1. The molecule has 1 unspecified atom stereocenters. The lowest BCUT2D eigenvalue weighted by atomic mass is 10.1. The van der Waals surface area contributed by atoms with Crippen LogP contribution in [0.5, 0.6) is 0 Å². The van der Waals surface area contributed by atoms with Gasteiger partial charge in [0, 0.05) is 39.3 Å². The summed E-state index contributed by atoms with van der Waals surface area (Å²) in [5, 5.41) is 7.20. The van der Waals surface area contributed by atoms with E-state index in [1.807, 2.05) is 6.92 Å². The van der Waals surface area contributed by atoms with Crippen molar-refractivity contribution in [3.63, 3.8) is 0 Å². The van der Waals surface area contributed by atoms with E-state index >= 15 is 0 Å². The fourth-order valence-electron chi connectivity index (χ4n) is 2.82. The van der Waals surface area contributed by atoms with Crippen LogP contribution in [-0.2, 0) is 13.6 Å². The fraction of sp³-hybridized carbons (Fsp3) is 0.533. The summed E-state index contributed by atoms with van der Waals surface area (Å²) in [4.78, 5) is 18.8. The van der Waals surface area contributed by atoms with Gasteiger partial charge < -0.3 is 9.73 Å². The second kappa shape index (κ2) is 6.31. The Balaban J connectivity index is 1.55. The third-order valence-electron chi connectivity index (χ3n) is 3.84. The van der Waals surface area contributed by atoms with E-state index in [1.54, 1.807) is 30.3 Å². The molecular formula is C15H21N5O2. The third-order valence-corrected chi connectivity index (χ3v) is 3.84. The van der Waals surface area contributed by atoms with Crippen LogP contribution in [0.3, 0.4) is 0 Å². The van der Waals surface area contributed by atoms with Gasteiger partial charge in [-0.1, -0.05) is 0 Å². The maximum absolute atomic E-state index is 12.2. The van der Waals surface area contributed by atoms with Crippen LogP contribution >= 0.6 is 0 Å². The topological polar surface area (TPSA) is 76.2 Å². The number of hydrogen-bond donors (Lipinski definition) is 1. The van der Waals surface area contributed by atoms with Gasteiger partial charge in [-0.15, -0.1) is 0 Å². The number of amides is 1. The summed E-state index contributed by atoms with van der Waals surface area (Å²) < 4.78 is 6.87. The summed E-state index contributed by atoms with van der Waals surface area (Å²) in [6.45, 7) is 4.44. The molecule has 3 heterocycles. The number of hydrogen-bond acceptors (Lipinski definition) is 5. The zero-order valence-electron chi connectivity index (χ0n) is 13.0. The average molecular weight is 303 g/mol. The van der Waals surface area contributed by atoms with Crippen molar-refractivity contribution in [2.75, 3.05) is 13.1 Å². The first-order valence-corrected chi connectivity index (χ1v) is 7.54.